The summed E-state index contributed by atoms with van der Waals surface area (Å²) in [5.74, 6) is 0.0199. The lowest BCUT2D eigenvalue weighted by Gasteiger charge is -2.35. The third-order valence-corrected chi connectivity index (χ3v) is 4.27. The summed E-state index contributed by atoms with van der Waals surface area (Å²) < 4.78 is 27.0. The van der Waals surface area contributed by atoms with Crippen molar-refractivity contribution in [3.63, 3.8) is 0 Å². The van der Waals surface area contributed by atoms with Crippen molar-refractivity contribution in [3.05, 3.63) is 35.4 Å². The number of benzene rings is 1. The molecule has 2 rings (SSSR count). The van der Waals surface area contributed by atoms with Crippen molar-refractivity contribution in [2.75, 3.05) is 0 Å². The van der Waals surface area contributed by atoms with E-state index in [4.69, 9.17) is 5.73 Å². The summed E-state index contributed by atoms with van der Waals surface area (Å²) in [5, 5.41) is 0. The van der Waals surface area contributed by atoms with Gasteiger partial charge in [-0.3, -0.25) is 0 Å². The van der Waals surface area contributed by atoms with Crippen LogP contribution in [0, 0.1) is 23.5 Å². The summed E-state index contributed by atoms with van der Waals surface area (Å²) in [6, 6.07) is 3.19. The normalized spacial score (nSPS) is 26.0. The van der Waals surface area contributed by atoms with Crippen molar-refractivity contribution in [1.82, 2.24) is 0 Å². The Labute approximate surface area is 107 Å². The molecule has 18 heavy (non-hydrogen) atoms. The van der Waals surface area contributed by atoms with E-state index in [0.29, 0.717) is 11.5 Å². The zero-order valence-corrected chi connectivity index (χ0v) is 10.8. The van der Waals surface area contributed by atoms with E-state index in [0.717, 1.165) is 31.7 Å². The molecule has 0 heterocycles. The summed E-state index contributed by atoms with van der Waals surface area (Å²) in [6.45, 7) is 2.15. The second-order valence-electron chi connectivity index (χ2n) is 5.31. The molecule has 1 aliphatic carbocycles. The Morgan fingerprint density at radius 3 is 2.72 bits per heavy atom. The molecule has 0 saturated heterocycles. The van der Waals surface area contributed by atoms with E-state index >= 15 is 0 Å². The molecule has 0 bridgehead atoms. The Bertz CT molecular complexity index is 405. The van der Waals surface area contributed by atoms with E-state index < -0.39 is 5.82 Å². The third-order valence-electron chi connectivity index (χ3n) is 4.27. The van der Waals surface area contributed by atoms with Crippen LogP contribution in [0.25, 0.3) is 0 Å². The van der Waals surface area contributed by atoms with Gasteiger partial charge < -0.3 is 5.73 Å². The fraction of sp³-hybridized carbons (Fsp3) is 0.600. The van der Waals surface area contributed by atoms with E-state index in [1.54, 1.807) is 0 Å². The minimum Gasteiger partial charge on any atom is -0.324 e. The highest BCUT2D eigenvalue weighted by molar-refractivity contribution is 5.23. The van der Waals surface area contributed by atoms with Gasteiger partial charge in [0.1, 0.15) is 11.6 Å². The number of hydrogen-bond acceptors (Lipinski definition) is 1. The molecule has 1 aromatic carbocycles. The number of halogens is 2. The molecule has 1 aliphatic rings. The van der Waals surface area contributed by atoms with Gasteiger partial charge in [0.25, 0.3) is 0 Å². The number of rotatable bonds is 3. The van der Waals surface area contributed by atoms with Crippen LogP contribution in [-0.4, -0.2) is 0 Å². The Kier molecular flexibility index (Phi) is 4.33. The zero-order chi connectivity index (χ0) is 13.1. The standard InChI is InChI=1S/C15H21F2N/c1-2-10-5-3-4-6-12(10)15(18)13-9-11(16)7-8-14(13)17/h7-10,12,15H,2-6,18H2,1H3. The molecule has 3 unspecified atom stereocenters. The van der Waals surface area contributed by atoms with E-state index in [9.17, 15) is 8.78 Å². The van der Waals surface area contributed by atoms with Crippen LogP contribution in [0.1, 0.15) is 50.6 Å². The van der Waals surface area contributed by atoms with E-state index in [1.165, 1.54) is 18.6 Å². The van der Waals surface area contributed by atoms with Crippen molar-refractivity contribution < 1.29 is 8.78 Å². The first kappa shape index (κ1) is 13.5. The average Bonchev–Trinajstić information content (AvgIpc) is 2.40. The van der Waals surface area contributed by atoms with Crippen LogP contribution in [0.5, 0.6) is 0 Å². The molecule has 0 amide bonds. The summed E-state index contributed by atoms with van der Waals surface area (Å²) >= 11 is 0. The fourth-order valence-electron chi connectivity index (χ4n) is 3.22. The lowest BCUT2D eigenvalue weighted by molar-refractivity contribution is 0.194. The van der Waals surface area contributed by atoms with Gasteiger partial charge in [0.15, 0.2) is 0 Å². The molecule has 0 aliphatic heterocycles. The average molecular weight is 253 g/mol. The van der Waals surface area contributed by atoms with E-state index in [2.05, 4.69) is 6.92 Å². The highest BCUT2D eigenvalue weighted by Gasteiger charge is 2.30. The molecule has 0 spiro atoms. The highest BCUT2D eigenvalue weighted by Crippen LogP contribution is 2.39. The molecule has 1 aromatic rings. The molecular weight excluding hydrogens is 232 g/mol. The van der Waals surface area contributed by atoms with Crippen molar-refractivity contribution in [2.45, 2.75) is 45.1 Å². The SMILES string of the molecule is CCC1CCCCC1C(N)c1cc(F)ccc1F. The predicted octanol–water partition coefficient (Wildman–Crippen LogP) is 4.18. The smallest absolute Gasteiger partial charge is 0.128 e. The quantitative estimate of drug-likeness (QED) is 0.859. The lowest BCUT2D eigenvalue weighted by Crippen LogP contribution is -2.31. The van der Waals surface area contributed by atoms with Gasteiger partial charge >= 0.3 is 0 Å². The second-order valence-corrected chi connectivity index (χ2v) is 5.31. The van der Waals surface area contributed by atoms with Gasteiger partial charge in [-0.15, -0.1) is 0 Å². The molecule has 0 aromatic heterocycles. The van der Waals surface area contributed by atoms with Crippen LogP contribution < -0.4 is 5.73 Å². The minimum absolute atomic E-state index is 0.278. The molecule has 2 N–H and O–H groups in total. The monoisotopic (exact) mass is 253 g/mol. The molecule has 1 saturated carbocycles. The summed E-state index contributed by atoms with van der Waals surface area (Å²) in [6.07, 6.45) is 5.62. The molecular formula is C15H21F2N. The first-order valence-electron chi connectivity index (χ1n) is 6.84. The van der Waals surface area contributed by atoms with Gasteiger partial charge in [-0.2, -0.15) is 0 Å². The maximum absolute atomic E-state index is 13.8. The van der Waals surface area contributed by atoms with Gasteiger partial charge in [-0.25, -0.2) is 8.78 Å². The highest BCUT2D eigenvalue weighted by atomic mass is 19.1. The fourth-order valence-corrected chi connectivity index (χ4v) is 3.22. The Morgan fingerprint density at radius 2 is 2.00 bits per heavy atom. The zero-order valence-electron chi connectivity index (χ0n) is 10.8. The summed E-state index contributed by atoms with van der Waals surface area (Å²) in [5.41, 5.74) is 6.53. The minimum atomic E-state index is -0.411. The van der Waals surface area contributed by atoms with E-state index in [1.807, 2.05) is 0 Å². The predicted molar refractivity (Wildman–Crippen MR) is 69.0 cm³/mol. The van der Waals surface area contributed by atoms with Gasteiger partial charge in [-0.05, 0) is 36.5 Å². The van der Waals surface area contributed by atoms with Crippen LogP contribution in [0.4, 0.5) is 8.78 Å². The molecule has 3 heteroatoms. The van der Waals surface area contributed by atoms with Crippen molar-refractivity contribution >= 4 is 0 Å². The molecule has 1 nitrogen and oxygen atoms in total. The van der Waals surface area contributed by atoms with Gasteiger partial charge in [0.2, 0.25) is 0 Å². The second kappa shape index (κ2) is 5.79. The van der Waals surface area contributed by atoms with Crippen LogP contribution in [-0.2, 0) is 0 Å². The largest absolute Gasteiger partial charge is 0.324 e. The van der Waals surface area contributed by atoms with Gasteiger partial charge in [0, 0.05) is 11.6 Å². The van der Waals surface area contributed by atoms with Crippen molar-refractivity contribution in [3.8, 4) is 0 Å². The van der Waals surface area contributed by atoms with Gasteiger partial charge in [-0.1, -0.05) is 32.6 Å². The first-order chi connectivity index (χ1) is 8.63. The van der Waals surface area contributed by atoms with E-state index in [-0.39, 0.29) is 17.8 Å². The van der Waals surface area contributed by atoms with Gasteiger partial charge in [0.05, 0.1) is 0 Å². The van der Waals surface area contributed by atoms with Crippen molar-refractivity contribution in [1.29, 1.82) is 0 Å². The van der Waals surface area contributed by atoms with Crippen LogP contribution >= 0.6 is 0 Å². The molecule has 0 radical (unpaired) electrons. The third kappa shape index (κ3) is 2.72. The van der Waals surface area contributed by atoms with Crippen LogP contribution in [0.3, 0.4) is 0 Å². The van der Waals surface area contributed by atoms with Crippen LogP contribution in [0.15, 0.2) is 18.2 Å². The maximum Gasteiger partial charge on any atom is 0.128 e. The summed E-state index contributed by atoms with van der Waals surface area (Å²) in [7, 11) is 0. The van der Waals surface area contributed by atoms with Crippen molar-refractivity contribution in [2.24, 2.45) is 17.6 Å². The topological polar surface area (TPSA) is 26.0 Å². The lowest BCUT2D eigenvalue weighted by atomic mass is 9.72. The Balaban J connectivity index is 2.23. The first-order valence-corrected chi connectivity index (χ1v) is 6.84. The number of hydrogen-bond donors (Lipinski definition) is 1. The maximum atomic E-state index is 13.8. The Morgan fingerprint density at radius 1 is 1.28 bits per heavy atom. The molecule has 100 valence electrons. The Hall–Kier alpha value is -0.960. The summed E-state index contributed by atoms with van der Waals surface area (Å²) in [4.78, 5) is 0. The van der Waals surface area contributed by atoms with Crippen LogP contribution in [0.2, 0.25) is 0 Å². The molecule has 3 atom stereocenters. The molecule has 1 fully saturated rings. The number of nitrogens with two attached hydrogens (primary N) is 1.